The minimum atomic E-state index is -4.54. The average Bonchev–Trinajstić information content (AvgIpc) is 3.16. The molecule has 0 spiro atoms. The summed E-state index contributed by atoms with van der Waals surface area (Å²) in [5, 5.41) is 24.0. The van der Waals surface area contributed by atoms with Crippen LogP contribution in [0.15, 0.2) is 23.6 Å². The summed E-state index contributed by atoms with van der Waals surface area (Å²) in [6.45, 7) is 3.86. The molecule has 0 aromatic carbocycles. The summed E-state index contributed by atoms with van der Waals surface area (Å²) < 4.78 is 41.8. The predicted octanol–water partition coefficient (Wildman–Crippen LogP) is 1.14. The number of aromatic nitrogens is 4. The van der Waals surface area contributed by atoms with E-state index in [1.807, 2.05) is 6.92 Å². The molecule has 2 aromatic rings. The van der Waals surface area contributed by atoms with Crippen LogP contribution >= 0.6 is 0 Å². The molecule has 0 saturated carbocycles. The number of nitrogens with one attached hydrogen (secondary N) is 2. The fourth-order valence-corrected chi connectivity index (χ4v) is 2.46. The second-order valence-electron chi connectivity index (χ2n) is 6.40. The van der Waals surface area contributed by atoms with Gasteiger partial charge in [0.1, 0.15) is 5.60 Å². The Morgan fingerprint density at radius 2 is 1.93 bits per heavy atom. The number of aliphatic imine (C=N–C) groups is 1. The molecule has 2 heterocycles. The molecule has 0 aliphatic carbocycles. The van der Waals surface area contributed by atoms with Crippen LogP contribution in [-0.4, -0.2) is 43.7 Å². The lowest BCUT2D eigenvalue weighted by molar-refractivity contribution is -0.142. The van der Waals surface area contributed by atoms with Gasteiger partial charge in [-0.05, 0) is 13.8 Å². The van der Waals surface area contributed by atoms with E-state index in [4.69, 9.17) is 0 Å². The maximum Gasteiger partial charge on any atom is 0.435 e. The number of guanidine groups is 1. The maximum atomic E-state index is 13.0. The van der Waals surface area contributed by atoms with Crippen molar-refractivity contribution in [3.8, 4) is 0 Å². The fourth-order valence-electron chi connectivity index (χ4n) is 2.46. The number of rotatable bonds is 6. The zero-order valence-corrected chi connectivity index (χ0v) is 15.7. The van der Waals surface area contributed by atoms with Gasteiger partial charge in [0.05, 0.1) is 19.3 Å². The SMILES string of the molecule is CCNC(=NCc1cn(C)nc1C(F)(F)F)NCC(C)(O)c1cnn(C)c1. The first kappa shape index (κ1) is 20.7. The largest absolute Gasteiger partial charge is 0.435 e. The van der Waals surface area contributed by atoms with E-state index in [1.54, 1.807) is 31.0 Å². The van der Waals surface area contributed by atoms with Crippen molar-refractivity contribution in [3.05, 3.63) is 35.4 Å². The van der Waals surface area contributed by atoms with E-state index in [0.717, 1.165) is 4.68 Å². The first-order valence-electron chi connectivity index (χ1n) is 8.36. The van der Waals surface area contributed by atoms with E-state index >= 15 is 0 Å². The Balaban J connectivity index is 2.11. The van der Waals surface area contributed by atoms with Crippen LogP contribution in [0.1, 0.15) is 30.7 Å². The van der Waals surface area contributed by atoms with Crippen molar-refractivity contribution in [2.45, 2.75) is 32.2 Å². The Hall–Kier alpha value is -2.56. The summed E-state index contributed by atoms with van der Waals surface area (Å²) in [6, 6.07) is 0. The summed E-state index contributed by atoms with van der Waals surface area (Å²) in [7, 11) is 3.17. The molecule has 11 heteroatoms. The van der Waals surface area contributed by atoms with Gasteiger partial charge in [-0.2, -0.15) is 23.4 Å². The minimum absolute atomic E-state index is 0.0266. The molecule has 1 unspecified atom stereocenters. The molecule has 27 heavy (non-hydrogen) atoms. The molecule has 3 N–H and O–H groups in total. The minimum Gasteiger partial charge on any atom is -0.383 e. The third-order valence-electron chi connectivity index (χ3n) is 3.85. The highest BCUT2D eigenvalue weighted by Crippen LogP contribution is 2.30. The highest BCUT2D eigenvalue weighted by molar-refractivity contribution is 5.79. The second-order valence-corrected chi connectivity index (χ2v) is 6.40. The van der Waals surface area contributed by atoms with Crippen LogP contribution in [0.25, 0.3) is 0 Å². The zero-order valence-electron chi connectivity index (χ0n) is 15.7. The number of hydrogen-bond acceptors (Lipinski definition) is 4. The van der Waals surface area contributed by atoms with Gasteiger partial charge in [-0.3, -0.25) is 9.36 Å². The lowest BCUT2D eigenvalue weighted by Gasteiger charge is -2.23. The van der Waals surface area contributed by atoms with E-state index in [9.17, 15) is 18.3 Å². The topological polar surface area (TPSA) is 92.3 Å². The van der Waals surface area contributed by atoms with E-state index in [1.165, 1.54) is 13.2 Å². The lowest BCUT2D eigenvalue weighted by atomic mass is 10.00. The highest BCUT2D eigenvalue weighted by Gasteiger charge is 2.36. The van der Waals surface area contributed by atoms with Crippen molar-refractivity contribution in [3.63, 3.8) is 0 Å². The van der Waals surface area contributed by atoms with Gasteiger partial charge in [0, 0.05) is 44.2 Å². The Kier molecular flexibility index (Phi) is 6.14. The molecule has 0 bridgehead atoms. The normalized spacial score (nSPS) is 14.9. The molecule has 2 rings (SSSR count). The molecule has 0 aliphatic heterocycles. The number of halogens is 3. The quantitative estimate of drug-likeness (QED) is 0.511. The Bertz CT molecular complexity index is 792. The van der Waals surface area contributed by atoms with Gasteiger partial charge in [-0.25, -0.2) is 4.99 Å². The lowest BCUT2D eigenvalue weighted by Crippen LogP contribution is -2.44. The van der Waals surface area contributed by atoms with Crippen molar-refractivity contribution in [1.29, 1.82) is 0 Å². The number of nitrogens with zero attached hydrogens (tertiary/aromatic N) is 5. The molecule has 0 amide bonds. The average molecular weight is 387 g/mol. The molecule has 1 atom stereocenters. The monoisotopic (exact) mass is 387 g/mol. The van der Waals surface area contributed by atoms with E-state index in [2.05, 4.69) is 25.8 Å². The fraction of sp³-hybridized carbons (Fsp3) is 0.562. The van der Waals surface area contributed by atoms with Crippen LogP contribution in [0.5, 0.6) is 0 Å². The van der Waals surface area contributed by atoms with E-state index in [-0.39, 0.29) is 18.7 Å². The number of aryl methyl sites for hydroxylation is 2. The predicted molar refractivity (Wildman–Crippen MR) is 93.8 cm³/mol. The van der Waals surface area contributed by atoms with Gasteiger partial charge in [-0.1, -0.05) is 0 Å². The van der Waals surface area contributed by atoms with Crippen molar-refractivity contribution < 1.29 is 18.3 Å². The van der Waals surface area contributed by atoms with Crippen LogP contribution in [0.3, 0.4) is 0 Å². The van der Waals surface area contributed by atoms with Crippen molar-refractivity contribution in [1.82, 2.24) is 30.2 Å². The van der Waals surface area contributed by atoms with Crippen molar-refractivity contribution in [2.75, 3.05) is 13.1 Å². The third-order valence-corrected chi connectivity index (χ3v) is 3.85. The number of hydrogen-bond donors (Lipinski definition) is 3. The third kappa shape index (κ3) is 5.46. The summed E-state index contributed by atoms with van der Waals surface area (Å²) in [6.07, 6.45) is -0.00244. The van der Waals surface area contributed by atoms with Gasteiger partial charge in [-0.15, -0.1) is 0 Å². The molecule has 8 nitrogen and oxygen atoms in total. The smallest absolute Gasteiger partial charge is 0.383 e. The van der Waals surface area contributed by atoms with Gasteiger partial charge in [0.15, 0.2) is 11.7 Å². The molecule has 0 fully saturated rings. The number of alkyl halides is 3. The van der Waals surface area contributed by atoms with Gasteiger partial charge < -0.3 is 15.7 Å². The second kappa shape index (κ2) is 7.99. The first-order chi connectivity index (χ1) is 12.5. The van der Waals surface area contributed by atoms with Crippen LogP contribution in [-0.2, 0) is 32.4 Å². The van der Waals surface area contributed by atoms with Crippen LogP contribution in [0.2, 0.25) is 0 Å². The van der Waals surface area contributed by atoms with Crippen LogP contribution in [0.4, 0.5) is 13.2 Å². The zero-order chi connectivity index (χ0) is 20.2. The van der Waals surface area contributed by atoms with E-state index < -0.39 is 17.5 Å². The Morgan fingerprint density at radius 3 is 2.48 bits per heavy atom. The van der Waals surface area contributed by atoms with Gasteiger partial charge in [0.2, 0.25) is 0 Å². The summed E-state index contributed by atoms with van der Waals surface area (Å²) in [5.74, 6) is 0.290. The molecular weight excluding hydrogens is 363 g/mol. The summed E-state index contributed by atoms with van der Waals surface area (Å²) in [4.78, 5) is 4.18. The van der Waals surface area contributed by atoms with Crippen molar-refractivity contribution in [2.24, 2.45) is 19.1 Å². The van der Waals surface area contributed by atoms with Gasteiger partial charge >= 0.3 is 6.18 Å². The molecule has 0 aliphatic rings. The van der Waals surface area contributed by atoms with Crippen LogP contribution < -0.4 is 10.6 Å². The van der Waals surface area contributed by atoms with Crippen LogP contribution in [0, 0.1) is 0 Å². The molecule has 150 valence electrons. The Morgan fingerprint density at radius 1 is 1.22 bits per heavy atom. The summed E-state index contributed by atoms with van der Waals surface area (Å²) in [5.41, 5.74) is -1.59. The van der Waals surface area contributed by atoms with Gasteiger partial charge in [0.25, 0.3) is 0 Å². The molecule has 2 aromatic heterocycles. The number of aliphatic hydroxyl groups is 1. The summed E-state index contributed by atoms with van der Waals surface area (Å²) >= 11 is 0. The Labute approximate surface area is 155 Å². The maximum absolute atomic E-state index is 13.0. The van der Waals surface area contributed by atoms with Crippen molar-refractivity contribution >= 4 is 5.96 Å². The highest BCUT2D eigenvalue weighted by atomic mass is 19.4. The standard InChI is InChI=1S/C16H24F3N7O/c1-5-20-14(22-10-15(2,27)12-7-23-25(3)9-12)21-6-11-8-26(4)24-13(11)16(17,18)19/h7-9,27H,5-6,10H2,1-4H3,(H2,20,21,22). The molecular formula is C16H24F3N7O. The molecule has 0 saturated heterocycles. The van der Waals surface area contributed by atoms with E-state index in [0.29, 0.717) is 18.1 Å². The molecule has 0 radical (unpaired) electrons. The first-order valence-corrected chi connectivity index (χ1v) is 8.36.